The first-order chi connectivity index (χ1) is 8.15. The summed E-state index contributed by atoms with van der Waals surface area (Å²) in [7, 11) is 0. The first-order valence-electron chi connectivity index (χ1n) is 6.09. The summed E-state index contributed by atoms with van der Waals surface area (Å²) in [5.41, 5.74) is 2.61. The molecule has 1 aromatic rings. The van der Waals surface area contributed by atoms with E-state index < -0.39 is 0 Å². The second-order valence-electron chi connectivity index (χ2n) is 4.17. The summed E-state index contributed by atoms with van der Waals surface area (Å²) in [4.78, 5) is 11.7. The molecule has 1 amide bonds. The molecule has 0 spiro atoms. The highest BCUT2D eigenvalue weighted by Crippen LogP contribution is 2.20. The Hall–Kier alpha value is -0.960. The van der Waals surface area contributed by atoms with E-state index in [1.165, 1.54) is 11.1 Å². The molecule has 0 radical (unpaired) electrons. The van der Waals surface area contributed by atoms with Gasteiger partial charge in [-0.2, -0.15) is 0 Å². The Kier molecular flexibility index (Phi) is 6.12. The lowest BCUT2D eigenvalue weighted by atomic mass is 10.1. The van der Waals surface area contributed by atoms with E-state index in [2.05, 4.69) is 31.3 Å². The molecular weight excluding hydrogens is 230 g/mol. The first kappa shape index (κ1) is 14.1. The van der Waals surface area contributed by atoms with Crippen molar-refractivity contribution in [1.29, 1.82) is 0 Å². The number of rotatable bonds is 6. The van der Waals surface area contributed by atoms with Crippen molar-refractivity contribution in [3.8, 4) is 0 Å². The molecule has 0 aromatic heterocycles. The van der Waals surface area contributed by atoms with Gasteiger partial charge in [0.15, 0.2) is 0 Å². The van der Waals surface area contributed by atoms with Crippen LogP contribution in [-0.4, -0.2) is 17.7 Å². The first-order valence-corrected chi connectivity index (χ1v) is 7.13. The van der Waals surface area contributed by atoms with Crippen molar-refractivity contribution in [2.75, 3.05) is 6.54 Å². The van der Waals surface area contributed by atoms with Gasteiger partial charge >= 0.3 is 0 Å². The smallest absolute Gasteiger partial charge is 0.232 e. The van der Waals surface area contributed by atoms with Gasteiger partial charge in [0.25, 0.3) is 0 Å². The van der Waals surface area contributed by atoms with Gasteiger partial charge in [-0.15, -0.1) is 11.8 Å². The van der Waals surface area contributed by atoms with Gasteiger partial charge in [0.05, 0.1) is 5.25 Å². The van der Waals surface area contributed by atoms with E-state index in [1.807, 2.05) is 19.1 Å². The van der Waals surface area contributed by atoms with Crippen LogP contribution in [0.3, 0.4) is 0 Å². The number of amides is 1. The zero-order chi connectivity index (χ0) is 12.7. The van der Waals surface area contributed by atoms with E-state index in [9.17, 15) is 4.79 Å². The standard InChI is InChI=1S/C14H21NOS/c1-4-9-15-14(16)12(3)17-10-13-8-6-5-7-11(13)2/h5-8,12H,4,9-10H2,1-3H3,(H,15,16). The van der Waals surface area contributed by atoms with Gasteiger partial charge in [0.2, 0.25) is 5.91 Å². The van der Waals surface area contributed by atoms with Crippen molar-refractivity contribution < 1.29 is 4.79 Å². The van der Waals surface area contributed by atoms with E-state index >= 15 is 0 Å². The molecule has 17 heavy (non-hydrogen) atoms. The van der Waals surface area contributed by atoms with Crippen LogP contribution < -0.4 is 5.32 Å². The predicted octanol–water partition coefficient (Wildman–Crippen LogP) is 3.14. The number of carbonyl (C=O) groups excluding carboxylic acids is 1. The number of carbonyl (C=O) groups is 1. The van der Waals surface area contributed by atoms with Crippen LogP contribution in [-0.2, 0) is 10.5 Å². The van der Waals surface area contributed by atoms with Gasteiger partial charge in [-0.3, -0.25) is 4.79 Å². The molecule has 0 aliphatic carbocycles. The average molecular weight is 251 g/mol. The number of hydrogen-bond donors (Lipinski definition) is 1. The molecular formula is C14H21NOS. The van der Waals surface area contributed by atoms with Crippen molar-refractivity contribution in [3.63, 3.8) is 0 Å². The van der Waals surface area contributed by atoms with Crippen molar-refractivity contribution in [3.05, 3.63) is 35.4 Å². The molecule has 2 nitrogen and oxygen atoms in total. The van der Waals surface area contributed by atoms with Crippen LogP contribution >= 0.6 is 11.8 Å². The molecule has 3 heteroatoms. The number of aryl methyl sites for hydroxylation is 1. The summed E-state index contributed by atoms with van der Waals surface area (Å²) in [6, 6.07) is 8.32. The number of benzene rings is 1. The molecule has 0 bridgehead atoms. The SMILES string of the molecule is CCCNC(=O)C(C)SCc1ccccc1C. The lowest BCUT2D eigenvalue weighted by Crippen LogP contribution is -2.31. The normalized spacial score (nSPS) is 12.2. The third kappa shape index (κ3) is 4.82. The van der Waals surface area contributed by atoms with Gasteiger partial charge in [0, 0.05) is 12.3 Å². The summed E-state index contributed by atoms with van der Waals surface area (Å²) in [5.74, 6) is 1.04. The third-order valence-electron chi connectivity index (χ3n) is 2.67. The summed E-state index contributed by atoms with van der Waals surface area (Å²) in [6.07, 6.45) is 0.987. The Balaban J connectivity index is 2.40. The second kappa shape index (κ2) is 7.38. The number of nitrogens with one attached hydrogen (secondary N) is 1. The van der Waals surface area contributed by atoms with Crippen molar-refractivity contribution in [1.82, 2.24) is 5.32 Å². The Labute approximate surface area is 108 Å². The minimum absolute atomic E-state index is 0.0150. The molecule has 94 valence electrons. The largest absolute Gasteiger partial charge is 0.355 e. The molecule has 1 rings (SSSR count). The molecule has 0 aliphatic rings. The fraction of sp³-hybridized carbons (Fsp3) is 0.500. The molecule has 0 saturated carbocycles. The molecule has 1 aromatic carbocycles. The van der Waals surface area contributed by atoms with E-state index in [0.29, 0.717) is 0 Å². The highest BCUT2D eigenvalue weighted by molar-refractivity contribution is 7.99. The van der Waals surface area contributed by atoms with Crippen molar-refractivity contribution in [2.24, 2.45) is 0 Å². The maximum atomic E-state index is 11.7. The van der Waals surface area contributed by atoms with Crippen molar-refractivity contribution in [2.45, 2.75) is 38.2 Å². The van der Waals surface area contributed by atoms with Crippen LogP contribution in [0.15, 0.2) is 24.3 Å². The van der Waals surface area contributed by atoms with Gasteiger partial charge in [-0.05, 0) is 31.4 Å². The maximum absolute atomic E-state index is 11.7. The van der Waals surface area contributed by atoms with Crippen LogP contribution in [0.5, 0.6) is 0 Å². The van der Waals surface area contributed by atoms with Crippen LogP contribution in [0.25, 0.3) is 0 Å². The van der Waals surface area contributed by atoms with E-state index in [0.717, 1.165) is 18.7 Å². The second-order valence-corrected chi connectivity index (χ2v) is 5.50. The minimum atomic E-state index is 0.0150. The highest BCUT2D eigenvalue weighted by atomic mass is 32.2. The summed E-state index contributed by atoms with van der Waals surface area (Å²) in [5, 5.41) is 2.94. The monoisotopic (exact) mass is 251 g/mol. The Morgan fingerprint density at radius 1 is 1.41 bits per heavy atom. The molecule has 0 saturated heterocycles. The highest BCUT2D eigenvalue weighted by Gasteiger charge is 2.12. The van der Waals surface area contributed by atoms with E-state index in [1.54, 1.807) is 11.8 Å². The van der Waals surface area contributed by atoms with Gasteiger partial charge in [0.1, 0.15) is 0 Å². The van der Waals surface area contributed by atoms with Crippen LogP contribution in [0.1, 0.15) is 31.4 Å². The molecule has 1 unspecified atom stereocenters. The van der Waals surface area contributed by atoms with E-state index in [-0.39, 0.29) is 11.2 Å². The summed E-state index contributed by atoms with van der Waals surface area (Å²) in [6.45, 7) is 6.91. The third-order valence-corrected chi connectivity index (χ3v) is 3.86. The zero-order valence-electron chi connectivity index (χ0n) is 10.8. The maximum Gasteiger partial charge on any atom is 0.232 e. The lowest BCUT2D eigenvalue weighted by molar-refractivity contribution is -0.120. The van der Waals surface area contributed by atoms with Crippen LogP contribution in [0.2, 0.25) is 0 Å². The number of hydrogen-bond acceptors (Lipinski definition) is 2. The van der Waals surface area contributed by atoms with Gasteiger partial charge in [-0.1, -0.05) is 31.2 Å². The molecule has 1 N–H and O–H groups in total. The molecule has 0 heterocycles. The molecule has 0 fully saturated rings. The Morgan fingerprint density at radius 2 is 2.12 bits per heavy atom. The zero-order valence-corrected chi connectivity index (χ0v) is 11.6. The lowest BCUT2D eigenvalue weighted by Gasteiger charge is -2.12. The molecule has 1 atom stereocenters. The van der Waals surface area contributed by atoms with Crippen LogP contribution in [0.4, 0.5) is 0 Å². The fourth-order valence-electron chi connectivity index (χ4n) is 1.45. The Bertz CT molecular complexity index is 365. The summed E-state index contributed by atoms with van der Waals surface area (Å²) < 4.78 is 0. The predicted molar refractivity (Wildman–Crippen MR) is 75.2 cm³/mol. The minimum Gasteiger partial charge on any atom is -0.355 e. The fourth-order valence-corrected chi connectivity index (χ4v) is 2.44. The molecule has 0 aliphatic heterocycles. The van der Waals surface area contributed by atoms with E-state index in [4.69, 9.17) is 0 Å². The van der Waals surface area contributed by atoms with Crippen molar-refractivity contribution >= 4 is 17.7 Å². The Morgan fingerprint density at radius 3 is 2.76 bits per heavy atom. The topological polar surface area (TPSA) is 29.1 Å². The van der Waals surface area contributed by atoms with Gasteiger partial charge in [-0.25, -0.2) is 0 Å². The van der Waals surface area contributed by atoms with Gasteiger partial charge < -0.3 is 5.32 Å². The number of thioether (sulfide) groups is 1. The summed E-state index contributed by atoms with van der Waals surface area (Å²) >= 11 is 1.69. The quantitative estimate of drug-likeness (QED) is 0.841. The van der Waals surface area contributed by atoms with Crippen LogP contribution in [0, 0.1) is 6.92 Å². The average Bonchev–Trinajstić information content (AvgIpc) is 2.34.